The maximum Gasteiger partial charge on any atom is 0.337 e. The van der Waals surface area contributed by atoms with Crippen molar-refractivity contribution in [2.75, 3.05) is 16.9 Å². The number of carbonyl (C=O) groups excluding carboxylic acids is 3. The van der Waals surface area contributed by atoms with Crippen molar-refractivity contribution in [3.63, 3.8) is 0 Å². The fourth-order valence-electron chi connectivity index (χ4n) is 3.88. The minimum Gasteiger partial charge on any atom is -0.465 e. The quantitative estimate of drug-likeness (QED) is 0.555. The largest absolute Gasteiger partial charge is 0.465 e. The molecule has 1 heterocycles. The van der Waals surface area contributed by atoms with E-state index in [9.17, 15) is 23.2 Å². The number of halogens is 2. The van der Waals surface area contributed by atoms with Crippen molar-refractivity contribution < 1.29 is 27.9 Å². The number of esters is 1. The van der Waals surface area contributed by atoms with Crippen LogP contribution < -0.4 is 9.80 Å². The second-order valence-electron chi connectivity index (χ2n) is 7.55. The minimum atomic E-state index is -0.999. The van der Waals surface area contributed by atoms with Gasteiger partial charge in [-0.2, -0.15) is 0 Å². The van der Waals surface area contributed by atoms with Crippen molar-refractivity contribution in [3.8, 4) is 0 Å². The first-order valence-electron chi connectivity index (χ1n) is 10.2. The monoisotopic (exact) mass is 450 g/mol. The zero-order valence-corrected chi connectivity index (χ0v) is 17.9. The van der Waals surface area contributed by atoms with Gasteiger partial charge in [0.25, 0.3) is 5.91 Å². The molecule has 0 bridgehead atoms. The summed E-state index contributed by atoms with van der Waals surface area (Å²) in [6.07, 6.45) is 0. The molecule has 0 saturated carbocycles. The van der Waals surface area contributed by atoms with Crippen LogP contribution in [0, 0.1) is 11.6 Å². The van der Waals surface area contributed by atoms with Crippen molar-refractivity contribution in [3.05, 3.63) is 95.1 Å². The second-order valence-corrected chi connectivity index (χ2v) is 7.55. The highest BCUT2D eigenvalue weighted by molar-refractivity contribution is 6.17. The third-order valence-corrected chi connectivity index (χ3v) is 5.55. The first-order valence-corrected chi connectivity index (χ1v) is 10.2. The Balaban J connectivity index is 1.71. The number of nitrogens with zero attached hydrogens (tertiary/aromatic N) is 2. The van der Waals surface area contributed by atoms with Gasteiger partial charge >= 0.3 is 5.97 Å². The van der Waals surface area contributed by atoms with Crippen LogP contribution in [0.1, 0.15) is 33.2 Å². The van der Waals surface area contributed by atoms with Gasteiger partial charge in [-0.15, -0.1) is 0 Å². The molecule has 0 saturated heterocycles. The molecule has 1 aliphatic heterocycles. The Bertz CT molecular complexity index is 1220. The smallest absolute Gasteiger partial charge is 0.337 e. The molecule has 0 aromatic heterocycles. The molecule has 3 aromatic carbocycles. The van der Waals surface area contributed by atoms with Crippen molar-refractivity contribution in [1.29, 1.82) is 0 Å². The number of para-hydroxylation sites is 2. The number of amides is 2. The molecule has 0 spiro atoms. The number of anilines is 2. The van der Waals surface area contributed by atoms with Gasteiger partial charge in [0, 0.05) is 0 Å². The zero-order chi connectivity index (χ0) is 23.7. The number of hydrogen-bond acceptors (Lipinski definition) is 4. The van der Waals surface area contributed by atoms with E-state index in [0.29, 0.717) is 16.9 Å². The summed E-state index contributed by atoms with van der Waals surface area (Å²) in [5.74, 6) is -3.79. The highest BCUT2D eigenvalue weighted by Crippen LogP contribution is 2.38. The van der Waals surface area contributed by atoms with Crippen LogP contribution in [0.3, 0.4) is 0 Å². The Morgan fingerprint density at radius 3 is 2.12 bits per heavy atom. The van der Waals surface area contributed by atoms with Gasteiger partial charge in [-0.05, 0) is 48.9 Å². The van der Waals surface area contributed by atoms with Gasteiger partial charge in [-0.25, -0.2) is 13.6 Å². The van der Waals surface area contributed by atoms with Crippen molar-refractivity contribution in [2.24, 2.45) is 0 Å². The van der Waals surface area contributed by atoms with Gasteiger partial charge in [-0.1, -0.05) is 30.3 Å². The van der Waals surface area contributed by atoms with Crippen LogP contribution in [0.5, 0.6) is 0 Å². The van der Waals surface area contributed by atoms with Crippen molar-refractivity contribution >= 4 is 29.2 Å². The van der Waals surface area contributed by atoms with E-state index < -0.39 is 41.0 Å². The lowest BCUT2D eigenvalue weighted by Gasteiger charge is -2.40. The second kappa shape index (κ2) is 8.82. The Morgan fingerprint density at radius 2 is 1.52 bits per heavy atom. The summed E-state index contributed by atoms with van der Waals surface area (Å²) in [6.45, 7) is 1.69. The molecule has 0 unspecified atom stereocenters. The highest BCUT2D eigenvalue weighted by atomic mass is 19.1. The zero-order valence-electron chi connectivity index (χ0n) is 17.9. The van der Waals surface area contributed by atoms with Crippen LogP contribution in [0.2, 0.25) is 0 Å². The van der Waals surface area contributed by atoms with Gasteiger partial charge in [0.2, 0.25) is 5.91 Å². The van der Waals surface area contributed by atoms with Gasteiger partial charge in [0.1, 0.15) is 23.2 Å². The van der Waals surface area contributed by atoms with E-state index in [2.05, 4.69) is 0 Å². The fourth-order valence-corrected chi connectivity index (χ4v) is 3.88. The Labute approximate surface area is 189 Å². The normalized spacial score (nSPS) is 15.3. The van der Waals surface area contributed by atoms with Crippen LogP contribution in [-0.2, 0) is 16.1 Å². The third-order valence-electron chi connectivity index (χ3n) is 5.55. The van der Waals surface area contributed by atoms with E-state index in [0.717, 1.165) is 22.6 Å². The molecule has 168 valence electrons. The van der Waals surface area contributed by atoms with Gasteiger partial charge in [-0.3, -0.25) is 14.5 Å². The predicted octanol–water partition coefficient (Wildman–Crippen LogP) is 4.33. The van der Waals surface area contributed by atoms with Crippen LogP contribution >= 0.6 is 0 Å². The average molecular weight is 450 g/mol. The molecule has 6 nitrogen and oxygen atoms in total. The standard InChI is InChI=1S/C25H20F2N2O4/c1-15-23(30)28(14-16-10-12-17(13-11-16)25(32)33-2)20-8-3-4-9-21(20)29(15)24(31)22-18(26)6-5-7-19(22)27/h3-13,15H,14H2,1-2H3/t15-/m1/s1. The maximum atomic E-state index is 14.3. The molecule has 8 heteroatoms. The van der Waals surface area contributed by atoms with Gasteiger partial charge in [0.05, 0.1) is 30.6 Å². The molecule has 1 atom stereocenters. The van der Waals surface area contributed by atoms with Crippen molar-refractivity contribution in [1.82, 2.24) is 0 Å². The highest BCUT2D eigenvalue weighted by Gasteiger charge is 2.40. The number of fused-ring (bicyclic) bond motifs is 1. The maximum absolute atomic E-state index is 14.3. The number of rotatable bonds is 4. The summed E-state index contributed by atoms with van der Waals surface area (Å²) in [7, 11) is 1.29. The molecule has 3 aromatic rings. The van der Waals surface area contributed by atoms with E-state index >= 15 is 0 Å². The first kappa shape index (κ1) is 22.1. The predicted molar refractivity (Wildman–Crippen MR) is 118 cm³/mol. The molecule has 1 aliphatic rings. The summed E-state index contributed by atoms with van der Waals surface area (Å²) in [6, 6.07) is 15.5. The first-order chi connectivity index (χ1) is 15.8. The fraction of sp³-hybridized carbons (Fsp3) is 0.160. The van der Waals surface area contributed by atoms with E-state index in [4.69, 9.17) is 4.74 Å². The Morgan fingerprint density at radius 1 is 0.909 bits per heavy atom. The SMILES string of the molecule is COC(=O)c1ccc(CN2C(=O)[C@@H](C)N(C(=O)c3c(F)cccc3F)c3ccccc32)cc1. The number of carbonyl (C=O) groups is 3. The summed E-state index contributed by atoms with van der Waals surface area (Å²) >= 11 is 0. The van der Waals surface area contributed by atoms with Crippen LogP contribution in [0.15, 0.2) is 66.7 Å². The van der Waals surface area contributed by atoms with E-state index in [1.165, 1.54) is 25.0 Å². The Hall–Kier alpha value is -4.07. The number of hydrogen-bond donors (Lipinski definition) is 0. The molecule has 4 rings (SSSR count). The summed E-state index contributed by atoms with van der Waals surface area (Å²) in [5.41, 5.74) is 1.21. The van der Waals surface area contributed by atoms with Gasteiger partial charge in [0.15, 0.2) is 0 Å². The molecule has 33 heavy (non-hydrogen) atoms. The number of benzene rings is 3. The lowest BCUT2D eigenvalue weighted by Crippen LogP contribution is -2.54. The lowest BCUT2D eigenvalue weighted by molar-refractivity contribution is -0.119. The molecule has 0 aliphatic carbocycles. The summed E-state index contributed by atoms with van der Waals surface area (Å²) in [4.78, 5) is 40.8. The lowest BCUT2D eigenvalue weighted by atomic mass is 10.0. The molecular formula is C25H20F2N2O4. The Kier molecular flexibility index (Phi) is 5.91. The van der Waals surface area contributed by atoms with E-state index in [-0.39, 0.29) is 6.54 Å². The van der Waals surface area contributed by atoms with Crippen LogP contribution in [0.4, 0.5) is 20.2 Å². The average Bonchev–Trinajstić information content (AvgIpc) is 2.82. The topological polar surface area (TPSA) is 66.9 Å². The van der Waals surface area contributed by atoms with Crippen LogP contribution in [-0.4, -0.2) is 30.9 Å². The third kappa shape index (κ3) is 3.95. The molecule has 2 amide bonds. The molecule has 0 radical (unpaired) electrons. The van der Waals surface area contributed by atoms with Crippen molar-refractivity contribution in [2.45, 2.75) is 19.5 Å². The summed E-state index contributed by atoms with van der Waals surface area (Å²) in [5, 5.41) is 0. The number of ether oxygens (including phenoxy) is 1. The van der Waals surface area contributed by atoms with E-state index in [1.807, 2.05) is 0 Å². The minimum absolute atomic E-state index is 0.178. The molecule has 0 N–H and O–H groups in total. The van der Waals surface area contributed by atoms with Gasteiger partial charge < -0.3 is 9.64 Å². The molecular weight excluding hydrogens is 430 g/mol. The van der Waals surface area contributed by atoms with E-state index in [1.54, 1.807) is 48.5 Å². The molecule has 0 fully saturated rings. The van der Waals surface area contributed by atoms with Crippen LogP contribution in [0.25, 0.3) is 0 Å². The number of methoxy groups -OCH3 is 1. The summed E-state index contributed by atoms with van der Waals surface area (Å²) < 4.78 is 33.3.